The summed E-state index contributed by atoms with van der Waals surface area (Å²) in [5, 5.41) is 19.9. The summed E-state index contributed by atoms with van der Waals surface area (Å²) in [5.74, 6) is 0.812. The van der Waals surface area contributed by atoms with Gasteiger partial charge in [-0.05, 0) is 57.7 Å². The zero-order valence-electron chi connectivity index (χ0n) is 17.7. The van der Waals surface area contributed by atoms with Crippen LogP contribution in [0.3, 0.4) is 0 Å². The van der Waals surface area contributed by atoms with Gasteiger partial charge in [-0.3, -0.25) is 9.47 Å². The van der Waals surface area contributed by atoms with Crippen molar-refractivity contribution in [3.63, 3.8) is 0 Å². The van der Waals surface area contributed by atoms with Gasteiger partial charge in [0.1, 0.15) is 11.6 Å². The fourth-order valence-electron chi connectivity index (χ4n) is 4.57. The lowest BCUT2D eigenvalue weighted by Gasteiger charge is -2.37. The summed E-state index contributed by atoms with van der Waals surface area (Å²) in [5.41, 5.74) is 1.55. The van der Waals surface area contributed by atoms with Crippen molar-refractivity contribution < 1.29 is 19.3 Å². The zero-order valence-corrected chi connectivity index (χ0v) is 17.7. The quantitative estimate of drug-likeness (QED) is 0.716. The Bertz CT molecular complexity index is 856. The van der Waals surface area contributed by atoms with Crippen LogP contribution < -0.4 is 9.64 Å². The zero-order chi connectivity index (χ0) is 21.1. The lowest BCUT2D eigenvalue weighted by atomic mass is 10.2. The average Bonchev–Trinajstić information content (AvgIpc) is 3.33. The maximum Gasteiger partial charge on any atom is 0.196 e. The van der Waals surface area contributed by atoms with Crippen molar-refractivity contribution in [2.45, 2.75) is 51.7 Å². The van der Waals surface area contributed by atoms with Crippen molar-refractivity contribution in [1.82, 2.24) is 9.47 Å². The number of hydrogen-bond donors (Lipinski definition) is 2. The second-order valence-electron chi connectivity index (χ2n) is 8.48. The number of nitrogens with zero attached hydrogens (tertiary/aromatic N) is 3. The van der Waals surface area contributed by atoms with Crippen molar-refractivity contribution in [2.75, 3.05) is 37.6 Å². The first-order valence-corrected chi connectivity index (χ1v) is 11.0. The Morgan fingerprint density at radius 3 is 2.43 bits per heavy atom. The fourth-order valence-corrected chi connectivity index (χ4v) is 4.57. The predicted octanol–water partition coefficient (Wildman–Crippen LogP) is 3.88. The number of benzene rings is 1. The average molecular weight is 418 g/mol. The van der Waals surface area contributed by atoms with Gasteiger partial charge in [0.15, 0.2) is 11.8 Å². The van der Waals surface area contributed by atoms with E-state index >= 15 is 0 Å². The van der Waals surface area contributed by atoms with Gasteiger partial charge in [0.25, 0.3) is 0 Å². The van der Waals surface area contributed by atoms with Gasteiger partial charge < -0.3 is 19.8 Å². The molecule has 0 amide bonds. The van der Waals surface area contributed by atoms with Crippen LogP contribution in [0.25, 0.3) is 0 Å². The molecule has 2 heterocycles. The van der Waals surface area contributed by atoms with E-state index in [1.807, 2.05) is 0 Å². The molecule has 1 saturated heterocycles. The summed E-state index contributed by atoms with van der Waals surface area (Å²) in [7, 11) is 0. The van der Waals surface area contributed by atoms with Gasteiger partial charge in [-0.15, -0.1) is 0 Å². The van der Waals surface area contributed by atoms with E-state index in [-0.39, 0.29) is 23.7 Å². The third-order valence-electron chi connectivity index (χ3n) is 6.32. The molecule has 1 saturated carbocycles. The second-order valence-corrected chi connectivity index (χ2v) is 8.48. The van der Waals surface area contributed by atoms with Crippen LogP contribution in [0.4, 0.5) is 10.1 Å². The fraction of sp³-hybridized carbons (Fsp3) is 0.565. The smallest absolute Gasteiger partial charge is 0.196 e. The third-order valence-corrected chi connectivity index (χ3v) is 6.32. The Morgan fingerprint density at radius 2 is 1.77 bits per heavy atom. The Balaban J connectivity index is 1.30. The van der Waals surface area contributed by atoms with E-state index in [9.17, 15) is 14.6 Å². The Morgan fingerprint density at radius 1 is 1.03 bits per heavy atom. The molecular weight excluding hydrogens is 385 g/mol. The first-order chi connectivity index (χ1) is 14.5. The molecule has 0 radical (unpaired) electrons. The molecule has 1 aromatic carbocycles. The van der Waals surface area contributed by atoms with Crippen LogP contribution in [0.1, 0.15) is 37.7 Å². The van der Waals surface area contributed by atoms with Crippen molar-refractivity contribution >= 4 is 5.69 Å². The van der Waals surface area contributed by atoms with Crippen LogP contribution in [0, 0.1) is 12.7 Å². The van der Waals surface area contributed by atoms with Crippen LogP contribution in [-0.2, 0) is 6.54 Å². The molecule has 0 bridgehead atoms. The molecule has 0 atom stereocenters. The molecule has 1 aliphatic heterocycles. The van der Waals surface area contributed by atoms with E-state index in [0.29, 0.717) is 12.1 Å². The lowest BCUT2D eigenvalue weighted by molar-refractivity contribution is 0.208. The minimum Gasteiger partial charge on any atom is -0.494 e. The molecule has 0 unspecified atom stereocenters. The van der Waals surface area contributed by atoms with Crippen LogP contribution >= 0.6 is 0 Å². The Hall–Kier alpha value is -2.41. The minimum absolute atomic E-state index is 0.107. The molecule has 0 spiro atoms. The summed E-state index contributed by atoms with van der Waals surface area (Å²) in [6, 6.07) is 6.43. The van der Waals surface area contributed by atoms with Gasteiger partial charge >= 0.3 is 0 Å². The van der Waals surface area contributed by atoms with Crippen LogP contribution in [-0.4, -0.2) is 58.5 Å². The largest absolute Gasteiger partial charge is 0.494 e. The van der Waals surface area contributed by atoms with Gasteiger partial charge in [0.2, 0.25) is 0 Å². The second kappa shape index (κ2) is 9.16. The van der Waals surface area contributed by atoms with E-state index < -0.39 is 0 Å². The highest BCUT2D eigenvalue weighted by Crippen LogP contribution is 2.34. The number of piperazine rings is 1. The van der Waals surface area contributed by atoms with E-state index in [2.05, 4.69) is 9.80 Å². The third kappa shape index (κ3) is 4.67. The number of hydrogen-bond acceptors (Lipinski definition) is 5. The normalized spacial score (nSPS) is 18.3. The molecule has 7 heteroatoms. The van der Waals surface area contributed by atoms with Crippen molar-refractivity contribution in [3.8, 4) is 17.5 Å². The summed E-state index contributed by atoms with van der Waals surface area (Å²) < 4.78 is 21.7. The lowest BCUT2D eigenvalue weighted by Crippen LogP contribution is -2.47. The molecule has 2 aromatic rings. The number of aromatic nitrogens is 1. The van der Waals surface area contributed by atoms with E-state index in [0.717, 1.165) is 63.4 Å². The van der Waals surface area contributed by atoms with Crippen LogP contribution in [0.2, 0.25) is 0 Å². The highest BCUT2D eigenvalue weighted by atomic mass is 19.1. The summed E-state index contributed by atoms with van der Waals surface area (Å²) in [4.78, 5) is 4.59. The van der Waals surface area contributed by atoms with Crippen LogP contribution in [0.5, 0.6) is 17.5 Å². The van der Waals surface area contributed by atoms with E-state index in [1.54, 1.807) is 29.7 Å². The molecule has 2 N–H and O–H groups in total. The Labute approximate surface area is 177 Å². The van der Waals surface area contributed by atoms with Crippen molar-refractivity contribution in [1.29, 1.82) is 0 Å². The van der Waals surface area contributed by atoms with Gasteiger partial charge in [-0.25, -0.2) is 4.39 Å². The highest BCUT2D eigenvalue weighted by Gasteiger charge is 2.23. The molecule has 2 fully saturated rings. The molecule has 6 nitrogen and oxygen atoms in total. The molecule has 164 valence electrons. The van der Waals surface area contributed by atoms with Gasteiger partial charge in [-0.2, -0.15) is 0 Å². The maximum absolute atomic E-state index is 14.0. The number of ether oxygens (including phenoxy) is 1. The van der Waals surface area contributed by atoms with Crippen molar-refractivity contribution in [3.05, 3.63) is 35.6 Å². The minimum atomic E-state index is -0.229. The van der Waals surface area contributed by atoms with Crippen LogP contribution in [0.15, 0.2) is 24.3 Å². The number of aryl methyl sites for hydroxylation is 1. The molecule has 2 aliphatic rings. The highest BCUT2D eigenvalue weighted by molar-refractivity contribution is 5.59. The van der Waals surface area contributed by atoms with Gasteiger partial charge in [0, 0.05) is 50.4 Å². The first kappa shape index (κ1) is 20.8. The van der Waals surface area contributed by atoms with Gasteiger partial charge in [0.05, 0.1) is 11.8 Å². The van der Waals surface area contributed by atoms with Crippen molar-refractivity contribution in [2.24, 2.45) is 0 Å². The Kier molecular flexibility index (Phi) is 6.37. The molecule has 1 aromatic heterocycles. The molecule has 4 rings (SSSR count). The maximum atomic E-state index is 14.0. The SMILES string of the molecule is Cc1cc(O)n(CCCN2CCN(c3cc(F)ccc3OC3CCCC3)CC2)c1O. The molecule has 1 aliphatic carbocycles. The van der Waals surface area contributed by atoms with Gasteiger partial charge in [-0.1, -0.05) is 0 Å². The number of halogens is 1. The van der Waals surface area contributed by atoms with E-state index in [4.69, 9.17) is 4.74 Å². The predicted molar refractivity (Wildman–Crippen MR) is 115 cm³/mol. The standard InChI is InChI=1S/C23H32FN3O3/c1-17-15-22(28)27(23(17)29)10-4-9-25-11-13-26(14-12-25)20-16-18(24)7-8-21(20)30-19-5-2-3-6-19/h7-8,15-16,19,28-29H,2-6,9-14H2,1H3. The molecular formula is C23H32FN3O3. The summed E-state index contributed by atoms with van der Waals surface area (Å²) in [6.07, 6.45) is 5.66. The van der Waals surface area contributed by atoms with E-state index in [1.165, 1.54) is 18.9 Å². The first-order valence-electron chi connectivity index (χ1n) is 11.0. The number of anilines is 1. The monoisotopic (exact) mass is 417 g/mol. The topological polar surface area (TPSA) is 61.1 Å². The number of aromatic hydroxyl groups is 2. The summed E-state index contributed by atoms with van der Waals surface area (Å²) in [6.45, 7) is 6.67. The molecule has 30 heavy (non-hydrogen) atoms. The summed E-state index contributed by atoms with van der Waals surface area (Å²) >= 11 is 0. The number of rotatable bonds is 7.